The zero-order chi connectivity index (χ0) is 19.5. The van der Waals surface area contributed by atoms with Crippen molar-refractivity contribution in [1.29, 1.82) is 0 Å². The van der Waals surface area contributed by atoms with E-state index in [1.807, 2.05) is 0 Å². The molecular formula is C15H23F8IN2. The largest absolute Gasteiger partial charge is 0.441 e. The van der Waals surface area contributed by atoms with Crippen LogP contribution in [0.3, 0.4) is 0 Å². The highest BCUT2D eigenvalue weighted by Gasteiger charge is 2.63. The van der Waals surface area contributed by atoms with E-state index in [1.54, 1.807) is 13.8 Å². The van der Waals surface area contributed by atoms with Gasteiger partial charge in [-0.05, 0) is 12.8 Å². The predicted octanol–water partition coefficient (Wildman–Crippen LogP) is 6.49. The van der Waals surface area contributed by atoms with Crippen molar-refractivity contribution in [3.8, 4) is 0 Å². The lowest BCUT2D eigenvalue weighted by Gasteiger charge is -2.40. The molecule has 0 fully saturated rings. The van der Waals surface area contributed by atoms with E-state index in [1.165, 1.54) is 0 Å². The second-order valence-corrected chi connectivity index (χ2v) is 6.10. The molecule has 2 unspecified atom stereocenters. The van der Waals surface area contributed by atoms with Gasteiger partial charge in [-0.2, -0.15) is 26.3 Å². The minimum Gasteiger partial charge on any atom is -0.319 e. The van der Waals surface area contributed by atoms with Crippen molar-refractivity contribution in [2.24, 2.45) is 0 Å². The van der Waals surface area contributed by atoms with Crippen LogP contribution in [0, 0.1) is 0 Å². The second-order valence-electron chi connectivity index (χ2n) is 6.10. The highest BCUT2D eigenvalue weighted by atomic mass is 127. The van der Waals surface area contributed by atoms with Crippen molar-refractivity contribution < 1.29 is 35.1 Å². The molecule has 2 atom stereocenters. The maximum atomic E-state index is 14.6. The van der Waals surface area contributed by atoms with Crippen molar-refractivity contribution in [2.75, 3.05) is 6.67 Å². The molecule has 0 bridgehead atoms. The molecule has 0 saturated carbocycles. The second kappa shape index (κ2) is 9.13. The Kier molecular flexibility index (Phi) is 8.96. The smallest absolute Gasteiger partial charge is 0.319 e. The summed E-state index contributed by atoms with van der Waals surface area (Å²) in [7, 11) is 0. The van der Waals surface area contributed by atoms with Crippen molar-refractivity contribution in [3.05, 3.63) is 12.4 Å². The fourth-order valence-corrected chi connectivity index (χ4v) is 2.60. The van der Waals surface area contributed by atoms with Crippen LogP contribution in [0.25, 0.3) is 0 Å². The molecule has 0 N–H and O–H groups in total. The monoisotopic (exact) mass is 510 g/mol. The van der Waals surface area contributed by atoms with Gasteiger partial charge in [-0.3, -0.25) is 0 Å². The van der Waals surface area contributed by atoms with E-state index in [4.69, 9.17) is 0 Å². The topological polar surface area (TPSA) is 6.48 Å². The highest BCUT2D eigenvalue weighted by Crippen LogP contribution is 2.46. The molecule has 1 aliphatic heterocycles. The van der Waals surface area contributed by atoms with Crippen molar-refractivity contribution in [1.82, 2.24) is 9.80 Å². The van der Waals surface area contributed by atoms with E-state index < -0.39 is 43.4 Å². The van der Waals surface area contributed by atoms with Crippen molar-refractivity contribution in [2.45, 2.75) is 76.3 Å². The molecule has 26 heavy (non-hydrogen) atoms. The minimum absolute atomic E-state index is 0. The molecule has 1 aliphatic rings. The van der Waals surface area contributed by atoms with Crippen LogP contribution in [-0.2, 0) is 0 Å². The zero-order valence-corrected chi connectivity index (χ0v) is 16.8. The van der Waals surface area contributed by atoms with Gasteiger partial charge in [0.1, 0.15) is 0 Å². The maximum absolute atomic E-state index is 14.6. The molecule has 0 amide bonds. The van der Waals surface area contributed by atoms with E-state index in [2.05, 4.69) is 0 Å². The molecule has 1 rings (SSSR count). The third-order valence-electron chi connectivity index (χ3n) is 4.23. The summed E-state index contributed by atoms with van der Waals surface area (Å²) in [6.07, 6.45) is -11.1. The molecule has 0 radical (unpaired) electrons. The van der Waals surface area contributed by atoms with Gasteiger partial charge in [-0.15, -0.1) is 24.0 Å². The van der Waals surface area contributed by atoms with Gasteiger partial charge in [0.2, 0.25) is 0 Å². The first-order valence-corrected chi connectivity index (χ1v) is 8.06. The van der Waals surface area contributed by atoms with Crippen molar-refractivity contribution in [3.63, 3.8) is 0 Å². The van der Waals surface area contributed by atoms with Gasteiger partial charge in [0.25, 0.3) is 11.6 Å². The lowest BCUT2D eigenvalue weighted by Crippen LogP contribution is -2.58. The molecule has 0 saturated heterocycles. The van der Waals surface area contributed by atoms with Crippen LogP contribution in [-0.4, -0.2) is 40.4 Å². The van der Waals surface area contributed by atoms with Gasteiger partial charge in [-0.25, -0.2) is 8.78 Å². The molecule has 1 heterocycles. The molecule has 0 spiro atoms. The van der Waals surface area contributed by atoms with Gasteiger partial charge >= 0.3 is 12.4 Å². The normalized spacial score (nSPS) is 19.9. The maximum Gasteiger partial charge on any atom is 0.441 e. The van der Waals surface area contributed by atoms with Crippen LogP contribution in [0.4, 0.5) is 35.1 Å². The Hall–Kier alpha value is -0.490. The first-order chi connectivity index (χ1) is 11.3. The van der Waals surface area contributed by atoms with Crippen LogP contribution in [0.1, 0.15) is 52.4 Å². The van der Waals surface area contributed by atoms with Gasteiger partial charge in [0.15, 0.2) is 0 Å². The number of nitrogens with zero attached hydrogens (tertiary/aromatic N) is 2. The molecule has 0 aliphatic carbocycles. The lowest BCUT2D eigenvalue weighted by atomic mass is 10.0. The third kappa shape index (κ3) is 5.06. The van der Waals surface area contributed by atoms with E-state index in [9.17, 15) is 35.1 Å². The van der Waals surface area contributed by atoms with Crippen molar-refractivity contribution >= 4 is 24.0 Å². The highest BCUT2D eigenvalue weighted by molar-refractivity contribution is 14.0. The number of unbranched alkanes of at least 4 members (excludes halogenated alkanes) is 2. The predicted molar refractivity (Wildman–Crippen MR) is 91.9 cm³/mol. The number of alkyl halides is 8. The Balaban J connectivity index is 0.00000625. The number of hydrogen-bond donors (Lipinski definition) is 0. The first-order valence-electron chi connectivity index (χ1n) is 8.06. The van der Waals surface area contributed by atoms with Gasteiger partial charge in [0.05, 0.1) is 6.67 Å². The van der Waals surface area contributed by atoms with E-state index in [-0.39, 0.29) is 59.5 Å². The standard InChI is InChI=1S/C15H22F8N2.HI/c1-3-5-7-12(16,14(18,19)20)24-9-10-25(11-24)13(17,8-6-4-2)15(21,22)23;/h9-10H,3-8,11H2,1-2H3;1H. The van der Waals surface area contributed by atoms with Crippen LogP contribution in [0.5, 0.6) is 0 Å². The number of rotatable bonds is 8. The van der Waals surface area contributed by atoms with Crippen LogP contribution >= 0.6 is 24.0 Å². The summed E-state index contributed by atoms with van der Waals surface area (Å²) in [4.78, 5) is 0.184. The number of halogens is 9. The quantitative estimate of drug-likeness (QED) is 0.209. The third-order valence-corrected chi connectivity index (χ3v) is 4.23. The van der Waals surface area contributed by atoms with Gasteiger partial charge < -0.3 is 9.80 Å². The fraction of sp³-hybridized carbons (Fsp3) is 0.867. The average molecular weight is 510 g/mol. The summed E-state index contributed by atoms with van der Waals surface area (Å²) >= 11 is 0. The Bertz CT molecular complexity index is 428. The summed E-state index contributed by atoms with van der Waals surface area (Å²) < 4.78 is 108. The summed E-state index contributed by atoms with van der Waals surface area (Å²) in [6.45, 7) is 1.95. The molecule has 2 nitrogen and oxygen atoms in total. The number of hydrogen-bond acceptors (Lipinski definition) is 2. The van der Waals surface area contributed by atoms with E-state index in [0.29, 0.717) is 12.4 Å². The Morgan fingerprint density at radius 1 is 0.692 bits per heavy atom. The van der Waals surface area contributed by atoms with E-state index in [0.717, 1.165) is 0 Å². The van der Waals surface area contributed by atoms with Crippen LogP contribution in [0.2, 0.25) is 0 Å². The Labute approximate surface area is 164 Å². The molecule has 11 heteroatoms. The summed E-state index contributed by atoms with van der Waals surface area (Å²) in [5.74, 6) is -7.68. The molecule has 0 aromatic heterocycles. The zero-order valence-electron chi connectivity index (χ0n) is 14.4. The summed E-state index contributed by atoms with van der Waals surface area (Å²) in [5, 5.41) is 0. The van der Waals surface area contributed by atoms with Crippen LogP contribution < -0.4 is 0 Å². The Morgan fingerprint density at radius 3 is 1.23 bits per heavy atom. The van der Waals surface area contributed by atoms with E-state index >= 15 is 0 Å². The van der Waals surface area contributed by atoms with Crippen LogP contribution in [0.15, 0.2) is 12.4 Å². The lowest BCUT2D eigenvalue weighted by molar-refractivity contribution is -0.299. The Morgan fingerprint density at radius 2 is 1.00 bits per heavy atom. The fourth-order valence-electron chi connectivity index (χ4n) is 2.60. The SMILES string of the molecule is CCCCC(F)(N1C=CN(C(F)(CCCC)C(F)(F)F)C1)C(F)(F)F.I. The molecule has 0 aromatic carbocycles. The average Bonchev–Trinajstić information content (AvgIpc) is 2.98. The summed E-state index contributed by atoms with van der Waals surface area (Å²) in [6, 6.07) is 0. The molecule has 0 aromatic rings. The van der Waals surface area contributed by atoms with Gasteiger partial charge in [-0.1, -0.05) is 26.7 Å². The molecule has 156 valence electrons. The summed E-state index contributed by atoms with van der Waals surface area (Å²) in [5.41, 5.74) is 0. The van der Waals surface area contributed by atoms with Gasteiger partial charge in [0, 0.05) is 25.2 Å². The minimum atomic E-state index is -5.32. The first kappa shape index (κ1) is 25.5. The molecular weight excluding hydrogens is 487 g/mol.